The Balaban J connectivity index is 2.60. The first-order valence-electron chi connectivity index (χ1n) is 5.35. The topological polar surface area (TPSA) is 26.0 Å². The van der Waals surface area contributed by atoms with Crippen LogP contribution in [0, 0.1) is 5.92 Å². The Kier molecular flexibility index (Phi) is 3.35. The molecule has 0 aliphatic rings. The van der Waals surface area contributed by atoms with Crippen molar-refractivity contribution < 1.29 is 4.52 Å². The Hall–Kier alpha value is -0.790. The van der Waals surface area contributed by atoms with Gasteiger partial charge >= 0.3 is 0 Å². The third-order valence-electron chi connectivity index (χ3n) is 2.28. The van der Waals surface area contributed by atoms with Gasteiger partial charge in [0.15, 0.2) is 0 Å². The van der Waals surface area contributed by atoms with Crippen LogP contribution >= 0.6 is 0 Å². The first kappa shape index (κ1) is 11.3. The van der Waals surface area contributed by atoms with E-state index in [2.05, 4.69) is 45.8 Å². The average molecular weight is 195 g/mol. The number of hydrogen-bond donors (Lipinski definition) is 0. The van der Waals surface area contributed by atoms with E-state index in [4.69, 9.17) is 4.52 Å². The molecule has 2 nitrogen and oxygen atoms in total. The summed E-state index contributed by atoms with van der Waals surface area (Å²) in [6.07, 6.45) is 2.20. The highest BCUT2D eigenvalue weighted by Gasteiger charge is 2.19. The number of aryl methyl sites for hydroxylation is 1. The largest absolute Gasteiger partial charge is 0.361 e. The van der Waals surface area contributed by atoms with E-state index in [1.54, 1.807) is 0 Å². The summed E-state index contributed by atoms with van der Waals surface area (Å²) >= 11 is 0. The van der Waals surface area contributed by atoms with Crippen LogP contribution in [-0.2, 0) is 11.8 Å². The van der Waals surface area contributed by atoms with Crippen molar-refractivity contribution in [2.75, 3.05) is 0 Å². The van der Waals surface area contributed by atoms with Crippen LogP contribution in [0.3, 0.4) is 0 Å². The molecule has 80 valence electrons. The maximum Gasteiger partial charge on any atom is 0.142 e. The van der Waals surface area contributed by atoms with Crippen LogP contribution in [0.5, 0.6) is 0 Å². The summed E-state index contributed by atoms with van der Waals surface area (Å²) in [5.74, 6) is 1.71. The summed E-state index contributed by atoms with van der Waals surface area (Å²) in [6.45, 7) is 10.9. The monoisotopic (exact) mass is 195 g/mol. The normalized spacial score (nSPS) is 12.4. The van der Waals surface area contributed by atoms with Gasteiger partial charge in [-0.1, -0.05) is 39.8 Å². The molecule has 0 bridgehead atoms. The molecule has 0 aliphatic heterocycles. The van der Waals surface area contributed by atoms with Gasteiger partial charge in [-0.25, -0.2) is 0 Å². The molecule has 2 heteroatoms. The smallest absolute Gasteiger partial charge is 0.142 e. The van der Waals surface area contributed by atoms with E-state index in [0.717, 1.165) is 23.8 Å². The first-order chi connectivity index (χ1) is 6.39. The van der Waals surface area contributed by atoms with E-state index in [1.165, 1.54) is 6.42 Å². The maximum atomic E-state index is 5.31. The molecule has 14 heavy (non-hydrogen) atoms. The highest BCUT2D eigenvalue weighted by atomic mass is 16.5. The third kappa shape index (κ3) is 3.17. The molecule has 0 saturated heterocycles. The summed E-state index contributed by atoms with van der Waals surface area (Å²) in [5, 5.41) is 4.08. The maximum absolute atomic E-state index is 5.31. The van der Waals surface area contributed by atoms with Crippen molar-refractivity contribution in [2.45, 2.75) is 52.9 Å². The second kappa shape index (κ2) is 4.16. The SMILES string of the molecule is CC(C)CCc1cc(C(C)(C)C)on1. The van der Waals surface area contributed by atoms with Crippen molar-refractivity contribution in [2.24, 2.45) is 5.92 Å². The van der Waals surface area contributed by atoms with Crippen LogP contribution in [0.25, 0.3) is 0 Å². The lowest BCUT2D eigenvalue weighted by Gasteiger charge is -2.12. The van der Waals surface area contributed by atoms with Crippen LogP contribution in [-0.4, -0.2) is 5.16 Å². The van der Waals surface area contributed by atoms with Gasteiger partial charge in [0.2, 0.25) is 0 Å². The molecule has 1 aromatic heterocycles. The lowest BCUT2D eigenvalue weighted by Crippen LogP contribution is -2.09. The van der Waals surface area contributed by atoms with Gasteiger partial charge in [0.05, 0.1) is 5.69 Å². The molecule has 1 heterocycles. The van der Waals surface area contributed by atoms with Crippen LogP contribution in [0.2, 0.25) is 0 Å². The fourth-order valence-corrected chi connectivity index (χ4v) is 1.22. The number of aromatic nitrogens is 1. The molecule has 0 spiro atoms. The Morgan fingerprint density at radius 3 is 2.43 bits per heavy atom. The highest BCUT2D eigenvalue weighted by Crippen LogP contribution is 2.23. The van der Waals surface area contributed by atoms with E-state index in [-0.39, 0.29) is 5.41 Å². The molecular weight excluding hydrogens is 174 g/mol. The van der Waals surface area contributed by atoms with Crippen molar-refractivity contribution in [3.05, 3.63) is 17.5 Å². The molecule has 1 aromatic rings. The van der Waals surface area contributed by atoms with Gasteiger partial charge in [-0.2, -0.15) is 0 Å². The van der Waals surface area contributed by atoms with Crippen molar-refractivity contribution in [3.8, 4) is 0 Å². The van der Waals surface area contributed by atoms with Crippen LogP contribution in [0.4, 0.5) is 0 Å². The molecule has 0 N–H and O–H groups in total. The molecular formula is C12H21NO. The fourth-order valence-electron chi connectivity index (χ4n) is 1.22. The Morgan fingerprint density at radius 1 is 1.36 bits per heavy atom. The minimum absolute atomic E-state index is 0.0725. The molecule has 1 rings (SSSR count). The van der Waals surface area contributed by atoms with Gasteiger partial charge in [0, 0.05) is 11.5 Å². The molecule has 0 fully saturated rings. The van der Waals surface area contributed by atoms with Gasteiger partial charge in [0.1, 0.15) is 5.76 Å². The van der Waals surface area contributed by atoms with E-state index in [9.17, 15) is 0 Å². The lowest BCUT2D eigenvalue weighted by molar-refractivity contribution is 0.325. The molecule has 0 unspecified atom stereocenters. The van der Waals surface area contributed by atoms with E-state index < -0.39 is 0 Å². The molecule has 0 radical (unpaired) electrons. The van der Waals surface area contributed by atoms with Crippen molar-refractivity contribution >= 4 is 0 Å². The lowest BCUT2D eigenvalue weighted by atomic mass is 9.93. The van der Waals surface area contributed by atoms with E-state index in [0.29, 0.717) is 0 Å². The standard InChI is InChI=1S/C12H21NO/c1-9(2)6-7-10-8-11(14-13-10)12(3,4)5/h8-9H,6-7H2,1-5H3. The van der Waals surface area contributed by atoms with Gasteiger partial charge in [-0.3, -0.25) is 0 Å². The molecule has 0 saturated carbocycles. The molecule has 0 amide bonds. The molecule has 0 atom stereocenters. The highest BCUT2D eigenvalue weighted by molar-refractivity contribution is 5.13. The summed E-state index contributed by atoms with van der Waals surface area (Å²) in [6, 6.07) is 2.09. The van der Waals surface area contributed by atoms with Gasteiger partial charge in [0.25, 0.3) is 0 Å². The second-order valence-electron chi connectivity index (χ2n) is 5.37. The molecule has 0 aliphatic carbocycles. The Labute approximate surface area is 86.7 Å². The number of rotatable bonds is 3. The average Bonchev–Trinajstić information content (AvgIpc) is 2.47. The van der Waals surface area contributed by atoms with Crippen LogP contribution in [0.1, 0.15) is 52.5 Å². The predicted octanol–water partition coefficient (Wildman–Crippen LogP) is 3.56. The minimum atomic E-state index is 0.0725. The first-order valence-corrected chi connectivity index (χ1v) is 5.35. The molecule has 0 aromatic carbocycles. The fraction of sp³-hybridized carbons (Fsp3) is 0.750. The zero-order valence-electron chi connectivity index (χ0n) is 9.92. The number of nitrogens with zero attached hydrogens (tertiary/aromatic N) is 1. The zero-order chi connectivity index (χ0) is 10.8. The van der Waals surface area contributed by atoms with E-state index in [1.807, 2.05) is 0 Å². The Bertz CT molecular complexity index is 281. The third-order valence-corrected chi connectivity index (χ3v) is 2.28. The quantitative estimate of drug-likeness (QED) is 0.737. The minimum Gasteiger partial charge on any atom is -0.361 e. The van der Waals surface area contributed by atoms with Gasteiger partial charge in [-0.15, -0.1) is 0 Å². The van der Waals surface area contributed by atoms with Crippen molar-refractivity contribution in [1.29, 1.82) is 0 Å². The number of hydrogen-bond acceptors (Lipinski definition) is 2. The zero-order valence-corrected chi connectivity index (χ0v) is 9.92. The van der Waals surface area contributed by atoms with Crippen molar-refractivity contribution in [1.82, 2.24) is 5.16 Å². The summed E-state index contributed by atoms with van der Waals surface area (Å²) in [4.78, 5) is 0. The second-order valence-corrected chi connectivity index (χ2v) is 5.37. The predicted molar refractivity (Wildman–Crippen MR) is 58.4 cm³/mol. The summed E-state index contributed by atoms with van der Waals surface area (Å²) < 4.78 is 5.31. The van der Waals surface area contributed by atoms with Gasteiger partial charge < -0.3 is 4.52 Å². The van der Waals surface area contributed by atoms with Crippen LogP contribution < -0.4 is 0 Å². The Morgan fingerprint density at radius 2 is 2.00 bits per heavy atom. The van der Waals surface area contributed by atoms with Gasteiger partial charge in [-0.05, 0) is 18.8 Å². The summed E-state index contributed by atoms with van der Waals surface area (Å²) in [5.41, 5.74) is 1.16. The van der Waals surface area contributed by atoms with E-state index >= 15 is 0 Å². The van der Waals surface area contributed by atoms with Crippen molar-refractivity contribution in [3.63, 3.8) is 0 Å². The summed E-state index contributed by atoms with van der Waals surface area (Å²) in [7, 11) is 0. The van der Waals surface area contributed by atoms with Crippen LogP contribution in [0.15, 0.2) is 10.6 Å².